The van der Waals surface area contributed by atoms with Gasteiger partial charge in [0, 0.05) is 32.0 Å². The van der Waals surface area contributed by atoms with Gasteiger partial charge in [0.1, 0.15) is 0 Å². The number of aromatic nitrogens is 1. The summed E-state index contributed by atoms with van der Waals surface area (Å²) in [4.78, 5) is 21.3. The molecule has 0 N–H and O–H groups in total. The molecule has 1 spiro atoms. The highest BCUT2D eigenvalue weighted by Crippen LogP contribution is 2.42. The van der Waals surface area contributed by atoms with Crippen molar-refractivity contribution in [3.05, 3.63) is 30.1 Å². The topological polar surface area (TPSA) is 36.4 Å². The minimum absolute atomic E-state index is 0.0294. The van der Waals surface area contributed by atoms with E-state index in [0.29, 0.717) is 5.91 Å². The van der Waals surface area contributed by atoms with Gasteiger partial charge in [-0.2, -0.15) is 0 Å². The van der Waals surface area contributed by atoms with Crippen LogP contribution in [-0.2, 0) is 11.3 Å². The molecule has 1 saturated carbocycles. The molecule has 1 aromatic heterocycles. The van der Waals surface area contributed by atoms with Crippen LogP contribution in [0.1, 0.15) is 37.7 Å². The molecule has 0 bridgehead atoms. The second-order valence-electron chi connectivity index (χ2n) is 7.40. The molecule has 0 radical (unpaired) electrons. The lowest BCUT2D eigenvalue weighted by Crippen LogP contribution is -2.64. The second kappa shape index (κ2) is 5.65. The maximum Gasteiger partial charge on any atom is 0.231 e. The molecule has 1 aromatic rings. The number of hydrogen-bond donors (Lipinski definition) is 0. The van der Waals surface area contributed by atoms with Crippen LogP contribution < -0.4 is 0 Å². The molecule has 1 amide bonds. The fourth-order valence-electron chi connectivity index (χ4n) is 4.16. The summed E-state index contributed by atoms with van der Waals surface area (Å²) in [6.07, 6.45) is 10.0. The van der Waals surface area contributed by atoms with E-state index in [1.54, 1.807) is 6.20 Å². The second-order valence-corrected chi connectivity index (χ2v) is 7.40. The molecule has 3 fully saturated rings. The van der Waals surface area contributed by atoms with E-state index in [-0.39, 0.29) is 5.41 Å². The molecule has 4 heteroatoms. The number of nitrogens with zero attached hydrogens (tertiary/aromatic N) is 3. The zero-order chi connectivity index (χ0) is 15.0. The van der Waals surface area contributed by atoms with Crippen molar-refractivity contribution < 1.29 is 4.79 Å². The first-order valence-corrected chi connectivity index (χ1v) is 8.66. The third-order valence-electron chi connectivity index (χ3n) is 5.88. The fourth-order valence-corrected chi connectivity index (χ4v) is 4.16. The summed E-state index contributed by atoms with van der Waals surface area (Å²) in [6.45, 7) is 5.16. The Balaban J connectivity index is 1.29. The number of amides is 1. The van der Waals surface area contributed by atoms with Crippen molar-refractivity contribution >= 4 is 5.91 Å². The van der Waals surface area contributed by atoms with Crippen molar-refractivity contribution in [3.63, 3.8) is 0 Å². The monoisotopic (exact) mass is 299 g/mol. The summed E-state index contributed by atoms with van der Waals surface area (Å²) in [7, 11) is 0. The molecule has 2 aliphatic heterocycles. The Morgan fingerprint density at radius 3 is 2.68 bits per heavy atom. The molecular weight excluding hydrogens is 274 g/mol. The zero-order valence-corrected chi connectivity index (χ0v) is 13.2. The number of likely N-dealkylation sites (tertiary alicyclic amines) is 2. The zero-order valence-electron chi connectivity index (χ0n) is 13.2. The summed E-state index contributed by atoms with van der Waals surface area (Å²) >= 11 is 0. The quantitative estimate of drug-likeness (QED) is 0.801. The molecule has 3 heterocycles. The number of carbonyl (C=O) groups excluding carboxylic acids is 1. The van der Waals surface area contributed by atoms with E-state index in [0.717, 1.165) is 50.5 Å². The van der Waals surface area contributed by atoms with Crippen molar-refractivity contribution in [2.45, 2.75) is 38.6 Å². The maximum absolute atomic E-state index is 12.6. The Kier molecular flexibility index (Phi) is 3.65. The molecule has 118 valence electrons. The fraction of sp³-hybridized carbons (Fsp3) is 0.667. The lowest BCUT2D eigenvalue weighted by Gasteiger charge is -2.53. The number of pyridine rings is 1. The van der Waals surface area contributed by atoms with Gasteiger partial charge in [-0.1, -0.05) is 12.5 Å². The molecular formula is C18H25N3O. The molecule has 22 heavy (non-hydrogen) atoms. The molecule has 0 atom stereocenters. The average Bonchev–Trinajstić information content (AvgIpc) is 2.52. The van der Waals surface area contributed by atoms with Crippen molar-refractivity contribution in [1.29, 1.82) is 0 Å². The maximum atomic E-state index is 12.6. The average molecular weight is 299 g/mol. The van der Waals surface area contributed by atoms with Gasteiger partial charge >= 0.3 is 0 Å². The third-order valence-corrected chi connectivity index (χ3v) is 5.88. The van der Waals surface area contributed by atoms with Gasteiger partial charge in [0.15, 0.2) is 0 Å². The highest BCUT2D eigenvalue weighted by molar-refractivity contribution is 5.88. The number of piperidine rings is 1. The SMILES string of the molecule is O=C1N(Cc2cccnc2)CC12CCN(CC1CCC1)CC2. The Morgan fingerprint density at radius 1 is 1.27 bits per heavy atom. The molecule has 2 saturated heterocycles. The molecule has 0 aromatic carbocycles. The summed E-state index contributed by atoms with van der Waals surface area (Å²) in [5.74, 6) is 1.31. The van der Waals surface area contributed by atoms with Crippen LogP contribution >= 0.6 is 0 Å². The Morgan fingerprint density at radius 2 is 2.09 bits per heavy atom. The van der Waals surface area contributed by atoms with Crippen molar-refractivity contribution in [2.24, 2.45) is 11.3 Å². The van der Waals surface area contributed by atoms with Gasteiger partial charge in [0.2, 0.25) is 5.91 Å². The lowest BCUT2D eigenvalue weighted by molar-refractivity contribution is -0.166. The molecule has 3 aliphatic rings. The standard InChI is InChI=1S/C18H25N3O/c22-17-18(14-21(17)13-16-5-2-8-19-11-16)6-9-20(10-7-18)12-15-3-1-4-15/h2,5,8,11,15H,1,3-4,6-7,9-10,12-14H2. The van der Waals surface area contributed by atoms with Crippen LogP contribution in [0, 0.1) is 11.3 Å². The van der Waals surface area contributed by atoms with E-state index in [1.807, 2.05) is 23.2 Å². The highest BCUT2D eigenvalue weighted by Gasteiger charge is 2.52. The molecule has 4 rings (SSSR count). The Hall–Kier alpha value is -1.42. The lowest BCUT2D eigenvalue weighted by atomic mass is 9.70. The molecule has 1 aliphatic carbocycles. The van der Waals surface area contributed by atoms with E-state index in [1.165, 1.54) is 25.8 Å². The third kappa shape index (κ3) is 2.54. The summed E-state index contributed by atoms with van der Waals surface area (Å²) < 4.78 is 0. The van der Waals surface area contributed by atoms with E-state index in [9.17, 15) is 4.79 Å². The van der Waals surface area contributed by atoms with Crippen LogP contribution in [0.5, 0.6) is 0 Å². The van der Waals surface area contributed by atoms with Crippen molar-refractivity contribution in [3.8, 4) is 0 Å². The van der Waals surface area contributed by atoms with Crippen molar-refractivity contribution in [2.75, 3.05) is 26.2 Å². The van der Waals surface area contributed by atoms with Crippen LogP contribution in [0.2, 0.25) is 0 Å². The van der Waals surface area contributed by atoms with Gasteiger partial charge in [-0.25, -0.2) is 0 Å². The highest BCUT2D eigenvalue weighted by atomic mass is 16.2. The van der Waals surface area contributed by atoms with Gasteiger partial charge in [-0.05, 0) is 56.3 Å². The number of rotatable bonds is 4. The minimum Gasteiger partial charge on any atom is -0.337 e. The van der Waals surface area contributed by atoms with Gasteiger partial charge in [0.05, 0.1) is 5.41 Å². The largest absolute Gasteiger partial charge is 0.337 e. The first-order chi connectivity index (χ1) is 10.8. The van der Waals surface area contributed by atoms with Gasteiger partial charge in [-0.3, -0.25) is 9.78 Å². The van der Waals surface area contributed by atoms with Gasteiger partial charge < -0.3 is 9.80 Å². The Bertz CT molecular complexity index is 533. The van der Waals surface area contributed by atoms with Crippen molar-refractivity contribution in [1.82, 2.24) is 14.8 Å². The van der Waals surface area contributed by atoms with Crippen LogP contribution in [0.15, 0.2) is 24.5 Å². The number of hydrogen-bond acceptors (Lipinski definition) is 3. The number of carbonyl (C=O) groups is 1. The van der Waals surface area contributed by atoms with Crippen LogP contribution in [0.25, 0.3) is 0 Å². The van der Waals surface area contributed by atoms with Gasteiger partial charge in [-0.15, -0.1) is 0 Å². The number of β-lactam (4-membered cyclic amide) rings is 1. The first kappa shape index (κ1) is 14.2. The van der Waals surface area contributed by atoms with Crippen LogP contribution in [0.3, 0.4) is 0 Å². The predicted octanol–water partition coefficient (Wildman–Crippen LogP) is 2.31. The van der Waals surface area contributed by atoms with E-state index >= 15 is 0 Å². The van der Waals surface area contributed by atoms with Gasteiger partial charge in [0.25, 0.3) is 0 Å². The first-order valence-electron chi connectivity index (χ1n) is 8.66. The van der Waals surface area contributed by atoms with E-state index in [2.05, 4.69) is 9.88 Å². The van der Waals surface area contributed by atoms with Crippen LogP contribution in [-0.4, -0.2) is 46.9 Å². The normalized spacial score (nSPS) is 25.1. The minimum atomic E-state index is -0.0294. The summed E-state index contributed by atoms with van der Waals surface area (Å²) in [5.41, 5.74) is 1.10. The van der Waals surface area contributed by atoms with E-state index in [4.69, 9.17) is 0 Å². The predicted molar refractivity (Wildman–Crippen MR) is 85.1 cm³/mol. The molecule has 4 nitrogen and oxygen atoms in total. The summed E-state index contributed by atoms with van der Waals surface area (Å²) in [5, 5.41) is 0. The van der Waals surface area contributed by atoms with E-state index < -0.39 is 0 Å². The van der Waals surface area contributed by atoms with Crippen LogP contribution in [0.4, 0.5) is 0 Å². The molecule has 0 unspecified atom stereocenters. The smallest absolute Gasteiger partial charge is 0.231 e. The Labute approximate surface area is 132 Å². The summed E-state index contributed by atoms with van der Waals surface area (Å²) in [6, 6.07) is 3.99.